The van der Waals surface area contributed by atoms with Crippen molar-refractivity contribution in [3.8, 4) is 5.75 Å². The molecule has 8 heteroatoms. The summed E-state index contributed by atoms with van der Waals surface area (Å²) in [7, 11) is 0. The van der Waals surface area contributed by atoms with Crippen molar-refractivity contribution in [2.75, 3.05) is 11.9 Å². The smallest absolute Gasteiger partial charge is 0.339 e. The minimum Gasteiger partial charge on any atom is -0.493 e. The highest BCUT2D eigenvalue weighted by atomic mass is 32.1. The summed E-state index contributed by atoms with van der Waals surface area (Å²) in [6.45, 7) is 0.718. The minimum absolute atomic E-state index is 0.425. The van der Waals surface area contributed by atoms with Gasteiger partial charge in [0, 0.05) is 12.1 Å². The number of hydrogen-bond acceptors (Lipinski definition) is 6. The van der Waals surface area contributed by atoms with Gasteiger partial charge in [-0.2, -0.15) is 13.8 Å². The fraction of sp³-hybridized carbons (Fsp3) is 0.125. The molecule has 0 unspecified atom stereocenters. The standard InChI is InChI=1S/C16H13N5O2S/c22-16(18-12-3-4-13-14(8-12)21-24-20-13)19-17-9-10-1-2-11-5-6-23-15(11)7-10/h1-4,7-9H,5-6H2,(H2,18,19,22)/b17-9+. The fourth-order valence-electron chi connectivity index (χ4n) is 2.45. The Morgan fingerprint density at radius 3 is 3.08 bits per heavy atom. The first-order chi connectivity index (χ1) is 11.8. The maximum Gasteiger partial charge on any atom is 0.339 e. The summed E-state index contributed by atoms with van der Waals surface area (Å²) >= 11 is 1.14. The number of hydrazone groups is 1. The average molecular weight is 339 g/mol. The molecule has 2 heterocycles. The van der Waals surface area contributed by atoms with E-state index in [2.05, 4.69) is 24.6 Å². The number of fused-ring (bicyclic) bond motifs is 2. The van der Waals surface area contributed by atoms with Crippen LogP contribution < -0.4 is 15.5 Å². The van der Waals surface area contributed by atoms with Crippen LogP contribution in [-0.2, 0) is 6.42 Å². The lowest BCUT2D eigenvalue weighted by molar-refractivity contribution is 0.252. The van der Waals surface area contributed by atoms with E-state index in [1.54, 1.807) is 18.3 Å². The van der Waals surface area contributed by atoms with Gasteiger partial charge in [-0.3, -0.25) is 0 Å². The van der Waals surface area contributed by atoms with Crippen molar-refractivity contribution in [3.63, 3.8) is 0 Å². The average Bonchev–Trinajstić information content (AvgIpc) is 3.22. The summed E-state index contributed by atoms with van der Waals surface area (Å²) in [4.78, 5) is 11.9. The quantitative estimate of drug-likeness (QED) is 0.567. The molecule has 0 aliphatic carbocycles. The molecule has 7 nitrogen and oxygen atoms in total. The van der Waals surface area contributed by atoms with Crippen LogP contribution in [0.1, 0.15) is 11.1 Å². The third kappa shape index (κ3) is 3.04. The van der Waals surface area contributed by atoms with Crippen LogP contribution in [0.3, 0.4) is 0 Å². The lowest BCUT2D eigenvalue weighted by Crippen LogP contribution is -2.24. The van der Waals surface area contributed by atoms with Crippen LogP contribution >= 0.6 is 11.7 Å². The van der Waals surface area contributed by atoms with Crippen molar-refractivity contribution < 1.29 is 9.53 Å². The molecule has 0 atom stereocenters. The molecule has 120 valence electrons. The van der Waals surface area contributed by atoms with Gasteiger partial charge in [-0.1, -0.05) is 12.1 Å². The second-order valence-corrected chi connectivity index (χ2v) is 5.79. The van der Waals surface area contributed by atoms with Gasteiger partial charge in [0.15, 0.2) is 0 Å². The molecule has 0 radical (unpaired) electrons. The lowest BCUT2D eigenvalue weighted by Gasteiger charge is -2.04. The normalized spacial score (nSPS) is 13.0. The van der Waals surface area contributed by atoms with Crippen LogP contribution in [0, 0.1) is 0 Å². The first-order valence-corrected chi connectivity index (χ1v) is 8.09. The van der Waals surface area contributed by atoms with Crippen molar-refractivity contribution in [2.45, 2.75) is 6.42 Å². The van der Waals surface area contributed by atoms with Gasteiger partial charge < -0.3 is 10.1 Å². The Morgan fingerprint density at radius 2 is 2.12 bits per heavy atom. The number of nitrogens with one attached hydrogen (secondary N) is 2. The summed E-state index contributed by atoms with van der Waals surface area (Å²) in [5.41, 5.74) is 6.69. The van der Waals surface area contributed by atoms with E-state index < -0.39 is 6.03 Å². The van der Waals surface area contributed by atoms with E-state index in [0.717, 1.165) is 47.1 Å². The molecule has 2 amide bonds. The van der Waals surface area contributed by atoms with E-state index in [9.17, 15) is 4.79 Å². The Bertz CT molecular complexity index is 937. The maximum absolute atomic E-state index is 11.9. The minimum atomic E-state index is -0.425. The van der Waals surface area contributed by atoms with E-state index in [-0.39, 0.29) is 0 Å². The predicted octanol–water partition coefficient (Wildman–Crippen LogP) is 2.78. The van der Waals surface area contributed by atoms with Gasteiger partial charge in [-0.15, -0.1) is 0 Å². The number of benzene rings is 2. The summed E-state index contributed by atoms with van der Waals surface area (Å²) in [5.74, 6) is 0.883. The molecule has 2 N–H and O–H groups in total. The molecular formula is C16H13N5O2S. The fourth-order valence-corrected chi connectivity index (χ4v) is 2.97. The zero-order valence-corrected chi connectivity index (χ0v) is 13.3. The SMILES string of the molecule is O=C(N/N=C/c1ccc2c(c1)OCC2)Nc1ccc2nsnc2c1. The topological polar surface area (TPSA) is 88.5 Å². The third-order valence-electron chi connectivity index (χ3n) is 3.61. The van der Waals surface area contributed by atoms with Crippen molar-refractivity contribution in [1.82, 2.24) is 14.2 Å². The number of rotatable bonds is 3. The van der Waals surface area contributed by atoms with Gasteiger partial charge in [0.05, 0.1) is 24.5 Å². The van der Waals surface area contributed by atoms with Gasteiger partial charge in [-0.05, 0) is 35.4 Å². The Balaban J connectivity index is 1.37. The number of aromatic nitrogens is 2. The van der Waals surface area contributed by atoms with Crippen LogP contribution in [0.15, 0.2) is 41.5 Å². The molecule has 3 aromatic rings. The molecule has 0 bridgehead atoms. The van der Waals surface area contributed by atoms with E-state index in [1.165, 1.54) is 5.56 Å². The van der Waals surface area contributed by atoms with Gasteiger partial charge >= 0.3 is 6.03 Å². The largest absolute Gasteiger partial charge is 0.493 e. The zero-order chi connectivity index (χ0) is 16.4. The first kappa shape index (κ1) is 14.6. The Kier molecular flexibility index (Phi) is 3.80. The number of urea groups is 1. The number of carbonyl (C=O) groups is 1. The molecule has 4 rings (SSSR count). The molecule has 1 aromatic heterocycles. The van der Waals surface area contributed by atoms with Gasteiger partial charge in [0.1, 0.15) is 16.8 Å². The highest BCUT2D eigenvalue weighted by molar-refractivity contribution is 7.00. The predicted molar refractivity (Wildman–Crippen MR) is 92.8 cm³/mol. The molecule has 0 fully saturated rings. The summed E-state index contributed by atoms with van der Waals surface area (Å²) in [5, 5.41) is 6.65. The van der Waals surface area contributed by atoms with Crippen molar-refractivity contribution in [2.24, 2.45) is 5.10 Å². The third-order valence-corrected chi connectivity index (χ3v) is 4.17. The molecule has 1 aliphatic heterocycles. The lowest BCUT2D eigenvalue weighted by atomic mass is 10.1. The van der Waals surface area contributed by atoms with Gasteiger partial charge in [0.2, 0.25) is 0 Å². The molecule has 0 saturated heterocycles. The van der Waals surface area contributed by atoms with Gasteiger partial charge in [-0.25, -0.2) is 10.2 Å². The number of amides is 2. The maximum atomic E-state index is 11.9. The van der Waals surface area contributed by atoms with E-state index in [1.807, 2.05) is 24.3 Å². The molecule has 0 spiro atoms. The van der Waals surface area contributed by atoms with Crippen LogP contribution in [0.4, 0.5) is 10.5 Å². The number of nitrogens with zero attached hydrogens (tertiary/aromatic N) is 3. The number of anilines is 1. The second-order valence-electron chi connectivity index (χ2n) is 5.26. The first-order valence-electron chi connectivity index (χ1n) is 7.36. The van der Waals surface area contributed by atoms with Crippen molar-refractivity contribution in [3.05, 3.63) is 47.5 Å². The monoisotopic (exact) mass is 339 g/mol. The zero-order valence-electron chi connectivity index (χ0n) is 12.5. The number of ether oxygens (including phenoxy) is 1. The van der Waals surface area contributed by atoms with Crippen molar-refractivity contribution in [1.29, 1.82) is 0 Å². The van der Waals surface area contributed by atoms with Crippen LogP contribution in [0.2, 0.25) is 0 Å². The number of hydrogen-bond donors (Lipinski definition) is 2. The van der Waals surface area contributed by atoms with Gasteiger partial charge in [0.25, 0.3) is 0 Å². The summed E-state index contributed by atoms with van der Waals surface area (Å²) in [6, 6.07) is 10.8. The number of carbonyl (C=O) groups excluding carboxylic acids is 1. The van der Waals surface area contributed by atoms with E-state index in [4.69, 9.17) is 4.74 Å². The Labute approximate surface area is 141 Å². The molecular weight excluding hydrogens is 326 g/mol. The van der Waals surface area contributed by atoms with Crippen LogP contribution in [0.25, 0.3) is 11.0 Å². The van der Waals surface area contributed by atoms with Crippen LogP contribution in [-0.4, -0.2) is 27.6 Å². The van der Waals surface area contributed by atoms with Crippen LogP contribution in [0.5, 0.6) is 5.75 Å². The Hall–Kier alpha value is -3.00. The summed E-state index contributed by atoms with van der Waals surface area (Å²) in [6.07, 6.45) is 2.52. The molecule has 24 heavy (non-hydrogen) atoms. The highest BCUT2D eigenvalue weighted by Gasteiger charge is 2.11. The molecule has 0 saturated carbocycles. The summed E-state index contributed by atoms with van der Waals surface area (Å²) < 4.78 is 13.8. The van der Waals surface area contributed by atoms with E-state index in [0.29, 0.717) is 5.69 Å². The van der Waals surface area contributed by atoms with Crippen molar-refractivity contribution >= 4 is 40.7 Å². The Morgan fingerprint density at radius 1 is 1.21 bits per heavy atom. The molecule has 2 aromatic carbocycles. The molecule has 1 aliphatic rings. The highest BCUT2D eigenvalue weighted by Crippen LogP contribution is 2.25. The van der Waals surface area contributed by atoms with E-state index >= 15 is 0 Å². The second kappa shape index (κ2) is 6.25.